The molecule has 0 bridgehead atoms. The predicted octanol–water partition coefficient (Wildman–Crippen LogP) is 2.62. The SMILES string of the molecule is CCNC(=NCC(c1cnn(C)c1)N(C)C)NCCCc1ccc(OC)c(OCC)c1. The van der Waals surface area contributed by atoms with Crippen LogP contribution in [0.5, 0.6) is 11.5 Å². The Hall–Kier alpha value is -2.74. The van der Waals surface area contributed by atoms with Gasteiger partial charge >= 0.3 is 0 Å². The molecule has 0 aliphatic heterocycles. The minimum Gasteiger partial charge on any atom is -0.493 e. The zero-order valence-corrected chi connectivity index (χ0v) is 19.8. The summed E-state index contributed by atoms with van der Waals surface area (Å²) in [6.07, 6.45) is 5.90. The summed E-state index contributed by atoms with van der Waals surface area (Å²) in [5, 5.41) is 11.1. The molecular formula is C23H38N6O2. The molecule has 0 fully saturated rings. The summed E-state index contributed by atoms with van der Waals surface area (Å²) in [6.45, 7) is 6.99. The maximum absolute atomic E-state index is 5.68. The van der Waals surface area contributed by atoms with Crippen molar-refractivity contribution in [2.45, 2.75) is 32.7 Å². The van der Waals surface area contributed by atoms with Crippen LogP contribution in [-0.2, 0) is 13.5 Å². The Balaban J connectivity index is 1.91. The monoisotopic (exact) mass is 430 g/mol. The van der Waals surface area contributed by atoms with E-state index < -0.39 is 0 Å². The molecule has 1 unspecified atom stereocenters. The molecule has 0 spiro atoms. The summed E-state index contributed by atoms with van der Waals surface area (Å²) >= 11 is 0. The molecule has 0 aliphatic rings. The molecule has 0 saturated carbocycles. The first kappa shape index (κ1) is 24.5. The second-order valence-corrected chi connectivity index (χ2v) is 7.59. The van der Waals surface area contributed by atoms with Crippen molar-refractivity contribution in [1.82, 2.24) is 25.3 Å². The highest BCUT2D eigenvalue weighted by atomic mass is 16.5. The standard InChI is InChI=1S/C23H38N6O2/c1-7-24-23(26-16-20(28(3)4)19-15-27-29(5)17-19)25-13-9-10-18-11-12-21(30-6)22(14-18)31-8-2/h11-12,14-15,17,20H,7-10,13,16H2,1-6H3,(H2,24,25,26). The summed E-state index contributed by atoms with van der Waals surface area (Å²) in [5.41, 5.74) is 2.40. The quantitative estimate of drug-likeness (QED) is 0.306. The highest BCUT2D eigenvalue weighted by Crippen LogP contribution is 2.28. The van der Waals surface area contributed by atoms with E-state index >= 15 is 0 Å². The summed E-state index contributed by atoms with van der Waals surface area (Å²) in [7, 11) is 7.74. The van der Waals surface area contributed by atoms with Crippen LogP contribution in [0.4, 0.5) is 0 Å². The van der Waals surface area contributed by atoms with E-state index in [0.29, 0.717) is 13.2 Å². The summed E-state index contributed by atoms with van der Waals surface area (Å²) < 4.78 is 12.9. The third-order valence-electron chi connectivity index (χ3n) is 4.96. The lowest BCUT2D eigenvalue weighted by Crippen LogP contribution is -2.38. The van der Waals surface area contributed by atoms with Gasteiger partial charge < -0.3 is 25.0 Å². The molecule has 1 atom stereocenters. The molecule has 2 aromatic rings. The van der Waals surface area contributed by atoms with Gasteiger partial charge in [0, 0.05) is 31.9 Å². The zero-order valence-electron chi connectivity index (χ0n) is 19.8. The van der Waals surface area contributed by atoms with Crippen LogP contribution in [0.15, 0.2) is 35.6 Å². The molecule has 1 aromatic carbocycles. The second kappa shape index (κ2) is 12.8. The van der Waals surface area contributed by atoms with Crippen molar-refractivity contribution in [3.05, 3.63) is 41.7 Å². The molecule has 0 saturated heterocycles. The van der Waals surface area contributed by atoms with Gasteiger partial charge in [-0.05, 0) is 58.5 Å². The first-order valence-electron chi connectivity index (χ1n) is 10.9. The molecular weight excluding hydrogens is 392 g/mol. The maximum Gasteiger partial charge on any atom is 0.191 e. The number of nitrogens with zero attached hydrogens (tertiary/aromatic N) is 4. The lowest BCUT2D eigenvalue weighted by Gasteiger charge is -2.22. The van der Waals surface area contributed by atoms with E-state index in [2.05, 4.69) is 53.8 Å². The summed E-state index contributed by atoms with van der Waals surface area (Å²) in [4.78, 5) is 6.98. The summed E-state index contributed by atoms with van der Waals surface area (Å²) in [5.74, 6) is 2.41. The van der Waals surface area contributed by atoms with Gasteiger partial charge in [-0.1, -0.05) is 6.07 Å². The van der Waals surface area contributed by atoms with E-state index in [0.717, 1.165) is 49.0 Å². The molecule has 31 heavy (non-hydrogen) atoms. The summed E-state index contributed by atoms with van der Waals surface area (Å²) in [6, 6.07) is 6.31. The van der Waals surface area contributed by atoms with Crippen LogP contribution < -0.4 is 20.1 Å². The first-order valence-corrected chi connectivity index (χ1v) is 10.9. The Morgan fingerprint density at radius 2 is 2.03 bits per heavy atom. The zero-order chi connectivity index (χ0) is 22.6. The van der Waals surface area contributed by atoms with Crippen molar-refractivity contribution in [3.8, 4) is 11.5 Å². The largest absolute Gasteiger partial charge is 0.493 e. The van der Waals surface area contributed by atoms with Crippen LogP contribution in [0.1, 0.15) is 37.4 Å². The van der Waals surface area contributed by atoms with Gasteiger partial charge in [0.2, 0.25) is 0 Å². The van der Waals surface area contributed by atoms with Gasteiger partial charge in [-0.15, -0.1) is 0 Å². The third kappa shape index (κ3) is 7.79. The van der Waals surface area contributed by atoms with Crippen LogP contribution in [0, 0.1) is 0 Å². The van der Waals surface area contributed by atoms with Crippen LogP contribution in [0.2, 0.25) is 0 Å². The van der Waals surface area contributed by atoms with Crippen LogP contribution >= 0.6 is 0 Å². The topological polar surface area (TPSA) is 75.9 Å². The van der Waals surface area contributed by atoms with Gasteiger partial charge in [0.25, 0.3) is 0 Å². The van der Waals surface area contributed by atoms with E-state index in [-0.39, 0.29) is 6.04 Å². The number of hydrogen-bond donors (Lipinski definition) is 2. The number of aliphatic imine (C=N–C) groups is 1. The average molecular weight is 431 g/mol. The highest BCUT2D eigenvalue weighted by molar-refractivity contribution is 5.79. The smallest absolute Gasteiger partial charge is 0.191 e. The molecule has 1 heterocycles. The normalized spacial score (nSPS) is 12.7. The molecule has 1 aromatic heterocycles. The van der Waals surface area contributed by atoms with Crippen molar-refractivity contribution >= 4 is 5.96 Å². The molecule has 2 rings (SSSR count). The van der Waals surface area contributed by atoms with Crippen molar-refractivity contribution in [2.75, 3.05) is 47.4 Å². The van der Waals surface area contributed by atoms with E-state index in [1.54, 1.807) is 7.11 Å². The van der Waals surface area contributed by atoms with Crippen LogP contribution in [0.3, 0.4) is 0 Å². The Morgan fingerprint density at radius 3 is 2.65 bits per heavy atom. The molecule has 2 N–H and O–H groups in total. The third-order valence-corrected chi connectivity index (χ3v) is 4.96. The number of methoxy groups -OCH3 is 1. The number of ether oxygens (including phenoxy) is 2. The Kier molecular flexibility index (Phi) is 10.2. The second-order valence-electron chi connectivity index (χ2n) is 7.59. The number of benzene rings is 1. The predicted molar refractivity (Wildman–Crippen MR) is 126 cm³/mol. The highest BCUT2D eigenvalue weighted by Gasteiger charge is 2.15. The van der Waals surface area contributed by atoms with Gasteiger partial charge in [0.1, 0.15) is 0 Å². The van der Waals surface area contributed by atoms with Gasteiger partial charge in [0.15, 0.2) is 17.5 Å². The lowest BCUT2D eigenvalue weighted by molar-refractivity contribution is 0.306. The number of aromatic nitrogens is 2. The van der Waals surface area contributed by atoms with E-state index in [4.69, 9.17) is 14.5 Å². The van der Waals surface area contributed by atoms with Crippen molar-refractivity contribution in [3.63, 3.8) is 0 Å². The molecule has 8 nitrogen and oxygen atoms in total. The maximum atomic E-state index is 5.68. The van der Waals surface area contributed by atoms with Crippen LogP contribution in [-0.4, -0.2) is 68.1 Å². The van der Waals surface area contributed by atoms with E-state index in [1.807, 2.05) is 37.1 Å². The van der Waals surface area contributed by atoms with E-state index in [1.165, 1.54) is 5.56 Å². The minimum absolute atomic E-state index is 0.181. The fraction of sp³-hybridized carbons (Fsp3) is 0.565. The Bertz CT molecular complexity index is 818. The van der Waals surface area contributed by atoms with Gasteiger partial charge in [-0.3, -0.25) is 9.67 Å². The number of rotatable bonds is 12. The van der Waals surface area contributed by atoms with E-state index in [9.17, 15) is 0 Å². The average Bonchev–Trinajstić information content (AvgIpc) is 3.17. The van der Waals surface area contributed by atoms with Gasteiger partial charge in [-0.2, -0.15) is 5.10 Å². The number of aryl methyl sites for hydroxylation is 2. The molecule has 0 radical (unpaired) electrons. The van der Waals surface area contributed by atoms with Gasteiger partial charge in [-0.25, -0.2) is 0 Å². The number of likely N-dealkylation sites (N-methyl/N-ethyl adjacent to an activating group) is 1. The fourth-order valence-corrected chi connectivity index (χ4v) is 3.34. The van der Waals surface area contributed by atoms with Crippen LogP contribution in [0.25, 0.3) is 0 Å². The number of nitrogens with one attached hydrogen (secondary N) is 2. The minimum atomic E-state index is 0.181. The Morgan fingerprint density at radius 1 is 1.23 bits per heavy atom. The van der Waals surface area contributed by atoms with Crippen molar-refractivity contribution in [1.29, 1.82) is 0 Å². The lowest BCUT2D eigenvalue weighted by atomic mass is 10.1. The van der Waals surface area contributed by atoms with Crippen molar-refractivity contribution < 1.29 is 9.47 Å². The Labute approximate surface area is 186 Å². The van der Waals surface area contributed by atoms with Gasteiger partial charge in [0.05, 0.1) is 32.5 Å². The fourth-order valence-electron chi connectivity index (χ4n) is 3.34. The molecule has 0 amide bonds. The molecule has 8 heteroatoms. The first-order chi connectivity index (χ1) is 15.0. The number of guanidine groups is 1. The molecule has 172 valence electrons. The van der Waals surface area contributed by atoms with Crippen molar-refractivity contribution in [2.24, 2.45) is 12.0 Å². The number of hydrogen-bond acceptors (Lipinski definition) is 5. The molecule has 0 aliphatic carbocycles.